The van der Waals surface area contributed by atoms with Crippen molar-refractivity contribution in [1.82, 2.24) is 5.32 Å². The van der Waals surface area contributed by atoms with Gasteiger partial charge in [-0.3, -0.25) is 10.1 Å². The van der Waals surface area contributed by atoms with E-state index >= 15 is 0 Å². The Labute approximate surface area is 156 Å². The number of anilines is 1. The molecule has 0 fully saturated rings. The topological polar surface area (TPSA) is 41.1 Å². The van der Waals surface area contributed by atoms with Crippen LogP contribution in [0.15, 0.2) is 78.9 Å². The Morgan fingerprint density at radius 1 is 0.885 bits per heavy atom. The van der Waals surface area contributed by atoms with Crippen LogP contribution >= 0.6 is 11.6 Å². The van der Waals surface area contributed by atoms with E-state index in [2.05, 4.69) is 10.6 Å². The molecule has 1 amide bonds. The van der Waals surface area contributed by atoms with Crippen LogP contribution in [-0.2, 0) is 4.79 Å². The number of carbonyl (C=O) groups excluding carboxylic acids is 1. The minimum absolute atomic E-state index is 0.0855. The van der Waals surface area contributed by atoms with Crippen molar-refractivity contribution in [2.24, 2.45) is 0 Å². The molecule has 3 aromatic rings. The van der Waals surface area contributed by atoms with E-state index < -0.39 is 0 Å². The highest BCUT2D eigenvalue weighted by Gasteiger charge is 2.15. The molecule has 132 valence electrons. The fraction of sp³-hybridized carbons (Fsp3) is 0.0952. The zero-order chi connectivity index (χ0) is 18.4. The predicted molar refractivity (Wildman–Crippen MR) is 103 cm³/mol. The number of rotatable bonds is 6. The smallest absolute Gasteiger partial charge is 0.238 e. The second kappa shape index (κ2) is 8.61. The molecule has 1 unspecified atom stereocenters. The predicted octanol–water partition coefficient (Wildman–Crippen LogP) is 4.80. The molecule has 0 aliphatic heterocycles. The largest absolute Gasteiger partial charge is 0.324 e. The van der Waals surface area contributed by atoms with Crippen LogP contribution in [0.4, 0.5) is 10.1 Å². The Kier molecular flexibility index (Phi) is 6.00. The molecular weight excluding hydrogens is 351 g/mol. The lowest BCUT2D eigenvalue weighted by molar-refractivity contribution is -0.115. The highest BCUT2D eigenvalue weighted by atomic mass is 35.5. The second-order valence-electron chi connectivity index (χ2n) is 5.80. The summed E-state index contributed by atoms with van der Waals surface area (Å²) in [6.45, 7) is 0.0855. The van der Waals surface area contributed by atoms with Crippen LogP contribution in [0.1, 0.15) is 17.2 Å². The number of hydrogen-bond acceptors (Lipinski definition) is 2. The summed E-state index contributed by atoms with van der Waals surface area (Å²) in [5.41, 5.74) is 2.44. The fourth-order valence-electron chi connectivity index (χ4n) is 2.68. The Bertz CT molecular complexity index is 869. The fourth-order valence-corrected chi connectivity index (χ4v) is 2.86. The van der Waals surface area contributed by atoms with E-state index in [0.29, 0.717) is 10.7 Å². The lowest BCUT2D eigenvalue weighted by Crippen LogP contribution is -2.32. The zero-order valence-corrected chi connectivity index (χ0v) is 14.7. The van der Waals surface area contributed by atoms with E-state index in [9.17, 15) is 9.18 Å². The van der Waals surface area contributed by atoms with Gasteiger partial charge in [0.2, 0.25) is 5.91 Å². The molecule has 0 saturated carbocycles. The molecule has 0 spiro atoms. The van der Waals surface area contributed by atoms with Gasteiger partial charge in [0.25, 0.3) is 0 Å². The van der Waals surface area contributed by atoms with Crippen LogP contribution in [0.3, 0.4) is 0 Å². The van der Waals surface area contributed by atoms with Gasteiger partial charge < -0.3 is 5.32 Å². The van der Waals surface area contributed by atoms with Gasteiger partial charge in [0.05, 0.1) is 23.3 Å². The molecule has 0 aliphatic rings. The Morgan fingerprint density at radius 2 is 1.50 bits per heavy atom. The van der Waals surface area contributed by atoms with Crippen LogP contribution < -0.4 is 10.6 Å². The average Bonchev–Trinajstić information content (AvgIpc) is 2.66. The highest BCUT2D eigenvalue weighted by Crippen LogP contribution is 2.23. The van der Waals surface area contributed by atoms with Gasteiger partial charge in [0.15, 0.2) is 0 Å². The maximum atomic E-state index is 13.2. The number of halogens is 2. The third-order valence-corrected chi connectivity index (χ3v) is 4.28. The second-order valence-corrected chi connectivity index (χ2v) is 6.21. The molecule has 0 aliphatic carbocycles. The summed E-state index contributed by atoms with van der Waals surface area (Å²) < 4.78 is 13.2. The van der Waals surface area contributed by atoms with Gasteiger partial charge in [-0.1, -0.05) is 66.2 Å². The van der Waals surface area contributed by atoms with Gasteiger partial charge in [0, 0.05) is 0 Å². The monoisotopic (exact) mass is 368 g/mol. The van der Waals surface area contributed by atoms with Gasteiger partial charge in [-0.25, -0.2) is 4.39 Å². The first kappa shape index (κ1) is 18.1. The lowest BCUT2D eigenvalue weighted by atomic mass is 9.98. The van der Waals surface area contributed by atoms with Gasteiger partial charge in [0.1, 0.15) is 5.82 Å². The van der Waals surface area contributed by atoms with Crippen LogP contribution in [0.25, 0.3) is 0 Å². The number of hydrogen-bond donors (Lipinski definition) is 2. The van der Waals surface area contributed by atoms with Crippen LogP contribution in [0, 0.1) is 5.82 Å². The van der Waals surface area contributed by atoms with Gasteiger partial charge in [-0.15, -0.1) is 0 Å². The first-order valence-corrected chi connectivity index (χ1v) is 8.59. The summed E-state index contributed by atoms with van der Waals surface area (Å²) in [6, 6.07) is 22.8. The highest BCUT2D eigenvalue weighted by molar-refractivity contribution is 6.33. The number of benzene rings is 3. The van der Waals surface area contributed by atoms with E-state index in [1.165, 1.54) is 12.1 Å². The van der Waals surface area contributed by atoms with Crippen molar-refractivity contribution in [2.75, 3.05) is 11.9 Å². The molecule has 3 nitrogen and oxygen atoms in total. The summed E-state index contributed by atoms with van der Waals surface area (Å²) in [5.74, 6) is -0.502. The molecule has 0 heterocycles. The van der Waals surface area contributed by atoms with Crippen molar-refractivity contribution in [3.05, 3.63) is 101 Å². The number of amides is 1. The van der Waals surface area contributed by atoms with Crippen molar-refractivity contribution in [3.63, 3.8) is 0 Å². The molecule has 5 heteroatoms. The Balaban J connectivity index is 1.73. The molecule has 26 heavy (non-hydrogen) atoms. The third kappa shape index (κ3) is 4.69. The van der Waals surface area contributed by atoms with E-state index in [4.69, 9.17) is 11.6 Å². The lowest BCUT2D eigenvalue weighted by Gasteiger charge is -2.20. The van der Waals surface area contributed by atoms with Gasteiger partial charge >= 0.3 is 0 Å². The van der Waals surface area contributed by atoms with Crippen molar-refractivity contribution in [3.8, 4) is 0 Å². The maximum absolute atomic E-state index is 13.2. The van der Waals surface area contributed by atoms with Crippen LogP contribution in [0.5, 0.6) is 0 Å². The number of nitrogens with one attached hydrogen (secondary N) is 2. The number of carbonyl (C=O) groups is 1. The van der Waals surface area contributed by atoms with E-state index in [-0.39, 0.29) is 24.3 Å². The quantitative estimate of drug-likeness (QED) is 0.656. The zero-order valence-electron chi connectivity index (χ0n) is 14.0. The van der Waals surface area contributed by atoms with Crippen molar-refractivity contribution in [1.29, 1.82) is 0 Å². The number of para-hydroxylation sites is 1. The summed E-state index contributed by atoms with van der Waals surface area (Å²) in [7, 11) is 0. The Hall–Kier alpha value is -2.69. The summed E-state index contributed by atoms with van der Waals surface area (Å²) in [5, 5.41) is 6.50. The molecule has 0 bridgehead atoms. The molecule has 0 aromatic heterocycles. The minimum Gasteiger partial charge on any atom is -0.324 e. The summed E-state index contributed by atoms with van der Waals surface area (Å²) in [6.07, 6.45) is 0. The summed E-state index contributed by atoms with van der Waals surface area (Å²) >= 11 is 6.07. The standard InChI is InChI=1S/C21H18ClFN2O/c22-18-8-4-5-9-19(18)25-20(26)14-24-21(15-6-2-1-3-7-15)16-10-12-17(23)13-11-16/h1-13,21,24H,14H2,(H,25,26). The Morgan fingerprint density at radius 3 is 2.19 bits per heavy atom. The SMILES string of the molecule is O=C(CNC(c1ccccc1)c1ccc(F)cc1)Nc1ccccc1Cl. The molecule has 2 N–H and O–H groups in total. The summed E-state index contributed by atoms with van der Waals surface area (Å²) in [4.78, 5) is 12.3. The van der Waals surface area contributed by atoms with E-state index in [0.717, 1.165) is 11.1 Å². The van der Waals surface area contributed by atoms with Crippen molar-refractivity contribution < 1.29 is 9.18 Å². The molecule has 0 saturated heterocycles. The molecular formula is C21H18ClFN2O. The van der Waals surface area contributed by atoms with Crippen LogP contribution in [-0.4, -0.2) is 12.5 Å². The molecule has 0 radical (unpaired) electrons. The normalized spacial score (nSPS) is 11.8. The molecule has 1 atom stereocenters. The van der Waals surface area contributed by atoms with Crippen molar-refractivity contribution >= 4 is 23.2 Å². The maximum Gasteiger partial charge on any atom is 0.238 e. The minimum atomic E-state index is -0.294. The first-order chi connectivity index (χ1) is 12.6. The van der Waals surface area contributed by atoms with Gasteiger partial charge in [-0.05, 0) is 35.4 Å². The molecule has 3 rings (SSSR count). The molecule has 3 aromatic carbocycles. The van der Waals surface area contributed by atoms with Gasteiger partial charge in [-0.2, -0.15) is 0 Å². The van der Waals surface area contributed by atoms with Crippen LogP contribution in [0.2, 0.25) is 5.02 Å². The van der Waals surface area contributed by atoms with Crippen molar-refractivity contribution in [2.45, 2.75) is 6.04 Å². The van der Waals surface area contributed by atoms with E-state index in [1.54, 1.807) is 36.4 Å². The average molecular weight is 369 g/mol. The first-order valence-electron chi connectivity index (χ1n) is 8.21. The third-order valence-electron chi connectivity index (χ3n) is 3.95. The van der Waals surface area contributed by atoms with E-state index in [1.807, 2.05) is 30.3 Å².